The number of benzene rings is 1. The van der Waals surface area contributed by atoms with Crippen molar-refractivity contribution in [2.24, 2.45) is 4.99 Å². The van der Waals surface area contributed by atoms with Crippen molar-refractivity contribution in [1.29, 1.82) is 0 Å². The minimum Gasteiger partial charge on any atom is -0.300 e. The van der Waals surface area contributed by atoms with E-state index in [0.717, 1.165) is 28.7 Å². The summed E-state index contributed by atoms with van der Waals surface area (Å²) in [6, 6.07) is 5.50. The van der Waals surface area contributed by atoms with Gasteiger partial charge in [0.2, 0.25) is 0 Å². The monoisotopic (exact) mass is 434 g/mol. The highest BCUT2D eigenvalue weighted by atomic mass is 32.2. The van der Waals surface area contributed by atoms with Crippen LogP contribution in [-0.2, 0) is 9.84 Å². The van der Waals surface area contributed by atoms with E-state index in [1.165, 1.54) is 24.3 Å². The fourth-order valence-corrected chi connectivity index (χ4v) is 5.91. The molecule has 0 radical (unpaired) electrons. The van der Waals surface area contributed by atoms with Gasteiger partial charge in [-0.2, -0.15) is 5.10 Å². The van der Waals surface area contributed by atoms with E-state index in [0.29, 0.717) is 22.8 Å². The first kappa shape index (κ1) is 19.8. The molecule has 2 aliphatic heterocycles. The molecular weight excluding hydrogens is 415 g/mol. The number of rotatable bonds is 3. The van der Waals surface area contributed by atoms with Crippen LogP contribution < -0.4 is 5.32 Å². The van der Waals surface area contributed by atoms with Gasteiger partial charge < -0.3 is 5.32 Å². The summed E-state index contributed by atoms with van der Waals surface area (Å²) in [6.07, 6.45) is 2.38. The van der Waals surface area contributed by atoms with Crippen molar-refractivity contribution < 1.29 is 17.6 Å². The fourth-order valence-electron chi connectivity index (χ4n) is 3.50. The Bertz CT molecular complexity index is 1150. The van der Waals surface area contributed by atoms with E-state index in [1.807, 2.05) is 19.9 Å². The van der Waals surface area contributed by atoms with E-state index in [4.69, 9.17) is 0 Å². The van der Waals surface area contributed by atoms with Crippen LogP contribution in [0.15, 0.2) is 34.2 Å². The topological polar surface area (TPSA) is 93.4 Å². The Morgan fingerprint density at radius 1 is 1.31 bits per heavy atom. The Morgan fingerprint density at radius 3 is 2.69 bits per heavy atom. The number of hydrogen-bond acceptors (Lipinski definition) is 6. The molecule has 7 nitrogen and oxygen atoms in total. The van der Waals surface area contributed by atoms with Gasteiger partial charge in [-0.25, -0.2) is 17.8 Å². The average molecular weight is 435 g/mol. The van der Waals surface area contributed by atoms with E-state index in [2.05, 4.69) is 15.4 Å². The molecule has 2 saturated heterocycles. The highest BCUT2D eigenvalue weighted by Gasteiger charge is 2.32. The Balaban J connectivity index is 1.69. The number of aryl methyl sites for hydroxylation is 1. The number of sulfone groups is 1. The number of nitrogens with zero attached hydrogens (tertiary/aromatic N) is 3. The minimum absolute atomic E-state index is 0.0943. The van der Waals surface area contributed by atoms with Crippen LogP contribution in [0.1, 0.15) is 29.4 Å². The van der Waals surface area contributed by atoms with Gasteiger partial charge in [-0.1, -0.05) is 0 Å². The Kier molecular flexibility index (Phi) is 5.07. The summed E-state index contributed by atoms with van der Waals surface area (Å²) in [6.45, 7) is 3.74. The number of amides is 1. The molecule has 4 rings (SSSR count). The zero-order chi connectivity index (χ0) is 20.8. The molecule has 0 aliphatic carbocycles. The van der Waals surface area contributed by atoms with E-state index < -0.39 is 9.84 Å². The zero-order valence-electron chi connectivity index (χ0n) is 15.8. The number of thioether (sulfide) groups is 1. The lowest BCUT2D eigenvalue weighted by atomic mass is 10.1. The quantitative estimate of drug-likeness (QED) is 0.798. The zero-order valence-corrected chi connectivity index (χ0v) is 17.5. The van der Waals surface area contributed by atoms with Crippen LogP contribution in [0, 0.1) is 19.7 Å². The molecule has 1 N–H and O–H groups in total. The van der Waals surface area contributed by atoms with Gasteiger partial charge in [0.15, 0.2) is 9.84 Å². The summed E-state index contributed by atoms with van der Waals surface area (Å²) in [5.41, 5.74) is 2.95. The first-order chi connectivity index (χ1) is 13.7. The molecule has 1 aromatic heterocycles. The number of aromatic nitrogens is 2. The third-order valence-electron chi connectivity index (χ3n) is 4.93. The number of carbonyl (C=O) groups excluding carboxylic acids is 1. The van der Waals surface area contributed by atoms with Gasteiger partial charge in [-0.15, -0.1) is 0 Å². The summed E-state index contributed by atoms with van der Waals surface area (Å²) in [4.78, 5) is 17.0. The number of carbonyl (C=O) groups is 1. The maximum atomic E-state index is 13.1. The molecule has 0 bridgehead atoms. The van der Waals surface area contributed by atoms with Gasteiger partial charge in [-0.05, 0) is 62.4 Å². The highest BCUT2D eigenvalue weighted by Crippen LogP contribution is 2.32. The summed E-state index contributed by atoms with van der Waals surface area (Å²) < 4.78 is 38.5. The lowest BCUT2D eigenvalue weighted by Gasteiger charge is -2.11. The summed E-state index contributed by atoms with van der Waals surface area (Å²) in [5, 5.41) is 7.00. The predicted molar refractivity (Wildman–Crippen MR) is 112 cm³/mol. The van der Waals surface area contributed by atoms with Gasteiger partial charge in [0.25, 0.3) is 5.24 Å². The Labute approximate surface area is 172 Å². The molecule has 10 heteroatoms. The van der Waals surface area contributed by atoms with Crippen LogP contribution in [0.5, 0.6) is 0 Å². The molecule has 29 heavy (non-hydrogen) atoms. The molecule has 1 atom stereocenters. The molecule has 0 spiro atoms. The van der Waals surface area contributed by atoms with E-state index >= 15 is 0 Å². The molecule has 1 aromatic carbocycles. The van der Waals surface area contributed by atoms with Crippen molar-refractivity contribution in [3.63, 3.8) is 0 Å². The summed E-state index contributed by atoms with van der Waals surface area (Å²) in [7, 11) is -3.02. The largest absolute Gasteiger partial charge is 0.300 e. The standard InChI is InChI=1S/C19H19FN4O3S2/c1-11-16(12(2)24(23-11)15-7-8-29(26,27)10-15)9-17-18(22-19(25)28-17)21-14-5-3-13(20)4-6-14/h3-6,9,15H,7-8,10H2,1-2H3,(H,21,22,25). The second-order valence-corrected chi connectivity index (χ2v) is 10.3. The van der Waals surface area contributed by atoms with Gasteiger partial charge in [0.1, 0.15) is 11.7 Å². The second kappa shape index (κ2) is 7.42. The first-order valence-corrected chi connectivity index (χ1v) is 11.7. The SMILES string of the molecule is Cc1nn(C2CCS(=O)(=O)C2)c(C)c1C=C1SC(=O)NC1=Nc1ccc(F)cc1. The third-order valence-corrected chi connectivity index (χ3v) is 7.50. The molecule has 1 amide bonds. The van der Waals surface area contributed by atoms with Gasteiger partial charge in [0.05, 0.1) is 33.8 Å². The van der Waals surface area contributed by atoms with Crippen molar-refractivity contribution in [1.82, 2.24) is 15.1 Å². The van der Waals surface area contributed by atoms with E-state index in [9.17, 15) is 17.6 Å². The van der Waals surface area contributed by atoms with Crippen molar-refractivity contribution in [3.05, 3.63) is 51.9 Å². The lowest BCUT2D eigenvalue weighted by molar-refractivity contribution is 0.265. The molecule has 3 heterocycles. The van der Waals surface area contributed by atoms with Crippen LogP contribution in [0.2, 0.25) is 0 Å². The molecule has 1 unspecified atom stereocenters. The van der Waals surface area contributed by atoms with Crippen LogP contribution >= 0.6 is 11.8 Å². The number of halogens is 1. The van der Waals surface area contributed by atoms with Crippen molar-refractivity contribution >= 4 is 44.4 Å². The lowest BCUT2D eigenvalue weighted by Crippen LogP contribution is -2.18. The smallest absolute Gasteiger partial charge is 0.289 e. The van der Waals surface area contributed by atoms with Gasteiger partial charge in [-0.3, -0.25) is 9.48 Å². The molecule has 2 aliphatic rings. The van der Waals surface area contributed by atoms with Crippen LogP contribution in [-0.4, -0.2) is 40.8 Å². The summed E-state index contributed by atoms with van der Waals surface area (Å²) >= 11 is 1.02. The van der Waals surface area contributed by atoms with E-state index in [-0.39, 0.29) is 28.6 Å². The normalized spacial score (nSPS) is 23.8. The second-order valence-electron chi connectivity index (χ2n) is 7.05. The number of hydrogen-bond donors (Lipinski definition) is 1. The molecule has 2 fully saturated rings. The van der Waals surface area contributed by atoms with Crippen LogP contribution in [0.3, 0.4) is 0 Å². The van der Waals surface area contributed by atoms with Crippen LogP contribution in [0.25, 0.3) is 6.08 Å². The minimum atomic E-state index is -3.02. The van der Waals surface area contributed by atoms with Gasteiger partial charge >= 0.3 is 0 Å². The molecule has 2 aromatic rings. The molecule has 0 saturated carbocycles. The number of aliphatic imine (C=N–C) groups is 1. The fraction of sp³-hybridized carbons (Fsp3) is 0.316. The third kappa shape index (κ3) is 4.13. The highest BCUT2D eigenvalue weighted by molar-refractivity contribution is 8.18. The number of amidine groups is 1. The van der Waals surface area contributed by atoms with Crippen molar-refractivity contribution in [2.75, 3.05) is 11.5 Å². The Morgan fingerprint density at radius 2 is 2.03 bits per heavy atom. The van der Waals surface area contributed by atoms with Gasteiger partial charge in [0, 0.05) is 11.3 Å². The predicted octanol–water partition coefficient (Wildman–Crippen LogP) is 3.53. The molecular formula is C19H19FN4O3S2. The Hall–Kier alpha value is -2.46. The maximum absolute atomic E-state index is 13.1. The molecule has 152 valence electrons. The van der Waals surface area contributed by atoms with Crippen molar-refractivity contribution in [2.45, 2.75) is 26.3 Å². The maximum Gasteiger partial charge on any atom is 0.289 e. The first-order valence-electron chi connectivity index (χ1n) is 9.03. The summed E-state index contributed by atoms with van der Waals surface area (Å²) in [5.74, 6) is 0.301. The van der Waals surface area contributed by atoms with Crippen molar-refractivity contribution in [3.8, 4) is 0 Å². The average Bonchev–Trinajstić information content (AvgIpc) is 3.28. The number of nitrogens with one attached hydrogen (secondary N) is 1. The van der Waals surface area contributed by atoms with Crippen LogP contribution in [0.4, 0.5) is 14.9 Å². The van der Waals surface area contributed by atoms with E-state index in [1.54, 1.807) is 4.68 Å².